The van der Waals surface area contributed by atoms with E-state index in [1.165, 1.54) is 22.9 Å². The highest BCUT2D eigenvalue weighted by Crippen LogP contribution is 2.25. The summed E-state index contributed by atoms with van der Waals surface area (Å²) in [5.41, 5.74) is 0. The highest BCUT2D eigenvalue weighted by atomic mass is 16.4. The Kier molecular flexibility index (Phi) is 4.49. The summed E-state index contributed by atoms with van der Waals surface area (Å²) >= 11 is 0. The van der Waals surface area contributed by atoms with Crippen LogP contribution in [0.25, 0.3) is 0 Å². The molecule has 1 aliphatic carbocycles. The van der Waals surface area contributed by atoms with Gasteiger partial charge in [-0.25, -0.2) is 14.2 Å². The van der Waals surface area contributed by atoms with E-state index in [1.807, 2.05) is 11.9 Å². The van der Waals surface area contributed by atoms with Gasteiger partial charge in [-0.05, 0) is 12.8 Å². The van der Waals surface area contributed by atoms with E-state index >= 15 is 0 Å². The van der Waals surface area contributed by atoms with Crippen LogP contribution in [0, 0.1) is 0 Å². The number of hydrogen-bond donors (Lipinski definition) is 1. The standard InChI is InChI=1S/C16H23N5O4/c1-18(10-7-5-4-6-8-10)15-17-13-12(21(15)9-11(22)23)14(24)20(3)16(25)19(13)2/h10,12H,4-9H2,1-3H3/p+1. The van der Waals surface area contributed by atoms with E-state index in [4.69, 9.17) is 0 Å². The van der Waals surface area contributed by atoms with Gasteiger partial charge in [0.15, 0.2) is 6.54 Å². The molecule has 25 heavy (non-hydrogen) atoms. The summed E-state index contributed by atoms with van der Waals surface area (Å²) in [7, 11) is 4.84. The van der Waals surface area contributed by atoms with Crippen molar-refractivity contribution in [3.63, 3.8) is 0 Å². The molecule has 2 heterocycles. The fourth-order valence-corrected chi connectivity index (χ4v) is 3.81. The fourth-order valence-electron chi connectivity index (χ4n) is 3.81. The fraction of sp³-hybridized carbons (Fsp3) is 0.688. The molecule has 1 saturated heterocycles. The Balaban J connectivity index is 2.01. The van der Waals surface area contributed by atoms with Crippen LogP contribution in [0.3, 0.4) is 0 Å². The normalized spacial score (nSPS) is 24.6. The lowest BCUT2D eigenvalue weighted by Gasteiger charge is -2.31. The summed E-state index contributed by atoms with van der Waals surface area (Å²) < 4.78 is 1.49. The number of carbonyl (C=O) groups is 3. The van der Waals surface area contributed by atoms with Crippen molar-refractivity contribution in [1.29, 1.82) is 0 Å². The zero-order valence-corrected chi connectivity index (χ0v) is 14.8. The third-order valence-electron chi connectivity index (χ3n) is 5.25. The average molecular weight is 350 g/mol. The van der Waals surface area contributed by atoms with Gasteiger partial charge in [-0.15, -0.1) is 0 Å². The number of likely N-dealkylation sites (N-methyl/N-ethyl adjacent to an activating group) is 2. The molecule has 2 fully saturated rings. The maximum absolute atomic E-state index is 12.6. The number of fused-ring (bicyclic) bond motifs is 1. The molecule has 0 bridgehead atoms. The Morgan fingerprint density at radius 1 is 1.24 bits per heavy atom. The Morgan fingerprint density at radius 3 is 2.48 bits per heavy atom. The van der Waals surface area contributed by atoms with Crippen LogP contribution in [0.5, 0.6) is 0 Å². The van der Waals surface area contributed by atoms with Crippen molar-refractivity contribution < 1.29 is 24.1 Å². The van der Waals surface area contributed by atoms with Gasteiger partial charge < -0.3 is 5.11 Å². The first-order chi connectivity index (χ1) is 11.8. The van der Waals surface area contributed by atoms with Crippen molar-refractivity contribution in [2.24, 2.45) is 4.99 Å². The Bertz CT molecular complexity index is 680. The second-order valence-corrected chi connectivity index (χ2v) is 6.84. The number of imide groups is 1. The maximum atomic E-state index is 12.6. The molecule has 136 valence electrons. The van der Waals surface area contributed by atoms with E-state index in [-0.39, 0.29) is 12.6 Å². The molecule has 0 radical (unpaired) electrons. The number of carbonyl (C=O) groups excluding carboxylic acids is 2. The quantitative estimate of drug-likeness (QED) is 0.723. The summed E-state index contributed by atoms with van der Waals surface area (Å²) in [4.78, 5) is 45.0. The molecule has 0 aromatic rings. The largest absolute Gasteiger partial charge is 0.479 e. The van der Waals surface area contributed by atoms with E-state index in [9.17, 15) is 19.5 Å². The van der Waals surface area contributed by atoms with Gasteiger partial charge in [0, 0.05) is 14.1 Å². The minimum atomic E-state index is -1.04. The van der Waals surface area contributed by atoms with Crippen LogP contribution >= 0.6 is 0 Å². The highest BCUT2D eigenvalue weighted by molar-refractivity contribution is 6.22. The van der Waals surface area contributed by atoms with Gasteiger partial charge >= 0.3 is 18.0 Å². The number of nitrogens with zero attached hydrogens (tertiary/aromatic N) is 5. The zero-order chi connectivity index (χ0) is 18.3. The van der Waals surface area contributed by atoms with Gasteiger partial charge in [-0.3, -0.25) is 19.5 Å². The van der Waals surface area contributed by atoms with Crippen molar-refractivity contribution >= 4 is 29.7 Å². The summed E-state index contributed by atoms with van der Waals surface area (Å²) in [6.45, 7) is -0.342. The molecule has 9 heteroatoms. The van der Waals surface area contributed by atoms with Gasteiger partial charge in [0.05, 0.1) is 13.1 Å². The van der Waals surface area contributed by atoms with Gasteiger partial charge in [0.25, 0.3) is 5.91 Å². The Hall–Kier alpha value is -2.45. The minimum absolute atomic E-state index is 0.262. The van der Waals surface area contributed by atoms with Crippen LogP contribution in [0.15, 0.2) is 4.99 Å². The van der Waals surface area contributed by atoms with Crippen LogP contribution in [-0.4, -0.2) is 93.9 Å². The number of amides is 3. The van der Waals surface area contributed by atoms with Gasteiger partial charge in [-0.1, -0.05) is 24.3 Å². The molecule has 2 aliphatic heterocycles. The number of hydrogen-bond acceptors (Lipinski definition) is 5. The van der Waals surface area contributed by atoms with Crippen LogP contribution in [0.1, 0.15) is 32.1 Å². The summed E-state index contributed by atoms with van der Waals surface area (Å²) in [5.74, 6) is -0.735. The molecule has 1 unspecified atom stereocenters. The lowest BCUT2D eigenvalue weighted by molar-refractivity contribution is -0.530. The third kappa shape index (κ3) is 2.87. The van der Waals surface area contributed by atoms with E-state index in [0.29, 0.717) is 11.8 Å². The molecule has 3 rings (SSSR count). The molecule has 0 spiro atoms. The molecular formula is C16H24N5O4+. The minimum Gasteiger partial charge on any atom is -0.479 e. The van der Waals surface area contributed by atoms with Crippen LogP contribution < -0.4 is 0 Å². The lowest BCUT2D eigenvalue weighted by Crippen LogP contribution is -2.62. The number of aliphatic carboxylic acids is 1. The molecule has 3 aliphatic rings. The number of amidine groups is 1. The Labute approximate surface area is 146 Å². The van der Waals surface area contributed by atoms with Crippen molar-refractivity contribution in [3.8, 4) is 0 Å². The van der Waals surface area contributed by atoms with Gasteiger partial charge in [-0.2, -0.15) is 0 Å². The van der Waals surface area contributed by atoms with Crippen LogP contribution in [0.4, 0.5) is 4.79 Å². The topological polar surface area (TPSA) is 96.5 Å². The number of aliphatic imine (C=N–C) groups is 1. The highest BCUT2D eigenvalue weighted by Gasteiger charge is 2.53. The average Bonchev–Trinajstić information content (AvgIpc) is 2.97. The summed E-state index contributed by atoms with van der Waals surface area (Å²) in [6, 6.07) is -1.07. The lowest BCUT2D eigenvalue weighted by atomic mass is 9.95. The molecular weight excluding hydrogens is 326 g/mol. The predicted octanol–water partition coefficient (Wildman–Crippen LogP) is 0.00850. The number of carboxylic acids is 1. The predicted molar refractivity (Wildman–Crippen MR) is 89.6 cm³/mol. The second-order valence-electron chi connectivity index (χ2n) is 6.84. The van der Waals surface area contributed by atoms with Crippen LogP contribution in [0.2, 0.25) is 0 Å². The first-order valence-corrected chi connectivity index (χ1v) is 8.55. The number of urea groups is 1. The number of carboxylic acid groups (broad SMARTS) is 1. The number of rotatable bonds is 3. The molecule has 0 aromatic carbocycles. The maximum Gasteiger partial charge on any atom is 0.392 e. The molecule has 0 aromatic heterocycles. The van der Waals surface area contributed by atoms with Crippen molar-refractivity contribution in [3.05, 3.63) is 0 Å². The molecule has 1 saturated carbocycles. The van der Waals surface area contributed by atoms with Crippen molar-refractivity contribution in [2.45, 2.75) is 44.2 Å². The summed E-state index contributed by atoms with van der Waals surface area (Å²) in [6.07, 6.45) is 5.48. The van der Waals surface area contributed by atoms with Crippen molar-refractivity contribution in [1.82, 2.24) is 14.7 Å². The first-order valence-electron chi connectivity index (χ1n) is 8.55. The van der Waals surface area contributed by atoms with E-state index in [0.717, 1.165) is 30.6 Å². The molecule has 9 nitrogen and oxygen atoms in total. The monoisotopic (exact) mass is 350 g/mol. The Morgan fingerprint density at radius 2 is 1.88 bits per heavy atom. The second kappa shape index (κ2) is 6.45. The SMILES string of the molecule is CN1C(=O)C2C(=NC(N(C)C3CCCCC3)=[N+]2CC(=O)O)N(C)C1=O. The zero-order valence-electron chi connectivity index (χ0n) is 14.8. The van der Waals surface area contributed by atoms with Crippen molar-refractivity contribution in [2.75, 3.05) is 27.7 Å². The first kappa shape index (κ1) is 17.4. The number of guanidine groups is 1. The van der Waals surface area contributed by atoms with E-state index in [1.54, 1.807) is 7.05 Å². The summed E-state index contributed by atoms with van der Waals surface area (Å²) in [5, 5.41) is 9.31. The van der Waals surface area contributed by atoms with E-state index < -0.39 is 23.9 Å². The molecule has 3 amide bonds. The van der Waals surface area contributed by atoms with Crippen LogP contribution in [-0.2, 0) is 9.59 Å². The third-order valence-corrected chi connectivity index (χ3v) is 5.25. The van der Waals surface area contributed by atoms with Gasteiger partial charge in [0.2, 0.25) is 11.9 Å². The van der Waals surface area contributed by atoms with E-state index in [2.05, 4.69) is 4.99 Å². The smallest absolute Gasteiger partial charge is 0.392 e. The molecule has 1 atom stereocenters. The van der Waals surface area contributed by atoms with Gasteiger partial charge in [0.1, 0.15) is 0 Å². The molecule has 1 N–H and O–H groups in total.